The maximum Gasteiger partial charge on any atom is 0.348 e. The summed E-state index contributed by atoms with van der Waals surface area (Å²) in [6.45, 7) is 1.00. The van der Waals surface area contributed by atoms with E-state index in [0.29, 0.717) is 46.9 Å². The van der Waals surface area contributed by atoms with Gasteiger partial charge in [0.05, 0.1) is 5.02 Å². The van der Waals surface area contributed by atoms with E-state index in [4.69, 9.17) is 42.1 Å². The Morgan fingerprint density at radius 2 is 1.96 bits per heavy atom. The van der Waals surface area contributed by atoms with Gasteiger partial charge in [-0.1, -0.05) is 23.2 Å². The van der Waals surface area contributed by atoms with Crippen molar-refractivity contribution in [3.05, 3.63) is 51.5 Å². The minimum atomic E-state index is -0.666. The zero-order chi connectivity index (χ0) is 17.4. The highest BCUT2D eigenvalue weighted by Crippen LogP contribution is 2.38. The summed E-state index contributed by atoms with van der Waals surface area (Å²) in [5.41, 5.74) is 1.62. The van der Waals surface area contributed by atoms with Gasteiger partial charge in [-0.05, 0) is 41.5 Å². The Hall–Kier alpha value is -2.11. The number of esters is 1. The van der Waals surface area contributed by atoms with Crippen LogP contribution in [0.2, 0.25) is 10.0 Å². The second kappa shape index (κ2) is 6.65. The standard InChI is InChI=1S/C18H14Cl2O5/c19-12-1-2-14-11(7-12)8-16(25-14)18(21)24-9-10-5-13(20)17-15(6-10)22-3-4-23-17/h1-2,5-7,16H,3-4,8-9H2. The molecule has 2 aromatic carbocycles. The average molecular weight is 381 g/mol. The Labute approximate surface area is 154 Å². The third-order valence-electron chi connectivity index (χ3n) is 4.00. The molecule has 0 fully saturated rings. The van der Waals surface area contributed by atoms with Gasteiger partial charge in [-0.15, -0.1) is 0 Å². The summed E-state index contributed by atoms with van der Waals surface area (Å²) in [5.74, 6) is 1.31. The summed E-state index contributed by atoms with van der Waals surface area (Å²) in [6, 6.07) is 8.74. The van der Waals surface area contributed by atoms with Crippen LogP contribution in [0.3, 0.4) is 0 Å². The third kappa shape index (κ3) is 3.34. The quantitative estimate of drug-likeness (QED) is 0.757. The molecule has 0 aromatic heterocycles. The van der Waals surface area contributed by atoms with Gasteiger partial charge in [0.25, 0.3) is 0 Å². The maximum atomic E-state index is 12.3. The fourth-order valence-electron chi connectivity index (χ4n) is 2.84. The molecule has 2 heterocycles. The number of halogens is 2. The van der Waals surface area contributed by atoms with Gasteiger partial charge in [-0.25, -0.2) is 4.79 Å². The molecule has 1 unspecified atom stereocenters. The van der Waals surface area contributed by atoms with Crippen molar-refractivity contribution < 1.29 is 23.7 Å². The summed E-state index contributed by atoms with van der Waals surface area (Å²) in [5, 5.41) is 1.05. The van der Waals surface area contributed by atoms with E-state index in [9.17, 15) is 4.79 Å². The number of carbonyl (C=O) groups is 1. The smallest absolute Gasteiger partial charge is 0.348 e. The number of fused-ring (bicyclic) bond motifs is 2. The van der Waals surface area contributed by atoms with Crippen molar-refractivity contribution in [1.29, 1.82) is 0 Å². The van der Waals surface area contributed by atoms with Crippen LogP contribution in [0.15, 0.2) is 30.3 Å². The van der Waals surface area contributed by atoms with E-state index in [2.05, 4.69) is 0 Å². The molecular weight excluding hydrogens is 367 g/mol. The third-order valence-corrected chi connectivity index (χ3v) is 4.51. The fraction of sp³-hybridized carbons (Fsp3) is 0.278. The van der Waals surface area contributed by atoms with Crippen molar-refractivity contribution in [1.82, 2.24) is 0 Å². The Kier molecular flexibility index (Phi) is 4.36. The SMILES string of the molecule is O=C(OCc1cc(Cl)c2c(c1)OCCO2)C1Cc2cc(Cl)ccc2O1. The molecule has 2 aliphatic rings. The van der Waals surface area contributed by atoms with Gasteiger partial charge in [0.15, 0.2) is 17.6 Å². The molecule has 2 aliphatic heterocycles. The van der Waals surface area contributed by atoms with Gasteiger partial charge in [0.2, 0.25) is 0 Å². The zero-order valence-corrected chi connectivity index (χ0v) is 14.6. The lowest BCUT2D eigenvalue weighted by molar-refractivity contribution is -0.152. The predicted octanol–water partition coefficient (Wildman–Crippen LogP) is 3.81. The van der Waals surface area contributed by atoms with Crippen LogP contribution in [-0.2, 0) is 22.6 Å². The minimum absolute atomic E-state index is 0.0756. The lowest BCUT2D eigenvalue weighted by Gasteiger charge is -2.20. The number of hydrogen-bond donors (Lipinski definition) is 0. The summed E-state index contributed by atoms with van der Waals surface area (Å²) in [7, 11) is 0. The van der Waals surface area contributed by atoms with Gasteiger partial charge in [0, 0.05) is 11.4 Å². The molecule has 4 rings (SSSR count). The van der Waals surface area contributed by atoms with Crippen LogP contribution in [-0.4, -0.2) is 25.3 Å². The van der Waals surface area contributed by atoms with E-state index in [1.165, 1.54) is 0 Å². The number of carbonyl (C=O) groups excluding carboxylic acids is 1. The second-order valence-corrected chi connectivity index (χ2v) is 6.62. The Balaban J connectivity index is 1.41. The summed E-state index contributed by atoms with van der Waals surface area (Å²) < 4.78 is 22.0. The fourth-order valence-corrected chi connectivity index (χ4v) is 3.33. The Bertz CT molecular complexity index is 836. The maximum absolute atomic E-state index is 12.3. The molecule has 1 atom stereocenters. The highest BCUT2D eigenvalue weighted by molar-refractivity contribution is 6.32. The van der Waals surface area contributed by atoms with Crippen LogP contribution < -0.4 is 14.2 Å². The number of hydrogen-bond acceptors (Lipinski definition) is 5. The second-order valence-electron chi connectivity index (χ2n) is 5.77. The highest BCUT2D eigenvalue weighted by Gasteiger charge is 2.30. The molecule has 7 heteroatoms. The largest absolute Gasteiger partial charge is 0.486 e. The first-order chi connectivity index (χ1) is 12.1. The van der Waals surface area contributed by atoms with Crippen LogP contribution in [0, 0.1) is 0 Å². The Morgan fingerprint density at radius 1 is 1.12 bits per heavy atom. The van der Waals surface area contributed by atoms with Gasteiger partial charge in [0.1, 0.15) is 25.6 Å². The van der Waals surface area contributed by atoms with Crippen LogP contribution in [0.25, 0.3) is 0 Å². The first-order valence-electron chi connectivity index (χ1n) is 7.80. The molecule has 25 heavy (non-hydrogen) atoms. The number of rotatable bonds is 3. The first-order valence-corrected chi connectivity index (χ1v) is 8.55. The molecule has 5 nitrogen and oxygen atoms in total. The minimum Gasteiger partial charge on any atom is -0.486 e. The van der Waals surface area contributed by atoms with E-state index in [1.54, 1.807) is 30.3 Å². The van der Waals surface area contributed by atoms with E-state index in [1.807, 2.05) is 0 Å². The molecule has 0 aliphatic carbocycles. The monoisotopic (exact) mass is 380 g/mol. The van der Waals surface area contributed by atoms with E-state index >= 15 is 0 Å². The molecule has 0 saturated carbocycles. The molecule has 130 valence electrons. The lowest BCUT2D eigenvalue weighted by Crippen LogP contribution is -2.27. The van der Waals surface area contributed by atoms with Crippen LogP contribution in [0.4, 0.5) is 0 Å². The van der Waals surface area contributed by atoms with Crippen LogP contribution in [0.1, 0.15) is 11.1 Å². The van der Waals surface area contributed by atoms with E-state index in [-0.39, 0.29) is 6.61 Å². The zero-order valence-electron chi connectivity index (χ0n) is 13.1. The molecule has 0 spiro atoms. The van der Waals surface area contributed by atoms with Crippen molar-refractivity contribution in [2.75, 3.05) is 13.2 Å². The van der Waals surface area contributed by atoms with Crippen LogP contribution in [0.5, 0.6) is 17.2 Å². The summed E-state index contributed by atoms with van der Waals surface area (Å²) >= 11 is 12.1. The topological polar surface area (TPSA) is 54.0 Å². The molecule has 0 N–H and O–H groups in total. The predicted molar refractivity (Wildman–Crippen MR) is 91.8 cm³/mol. The molecule has 0 bridgehead atoms. The number of benzene rings is 2. The highest BCUT2D eigenvalue weighted by atomic mass is 35.5. The first kappa shape index (κ1) is 16.4. The average Bonchev–Trinajstić information content (AvgIpc) is 3.03. The normalized spacial score (nSPS) is 17.6. The molecule has 0 amide bonds. The summed E-state index contributed by atoms with van der Waals surface area (Å²) in [4.78, 5) is 12.3. The molecular formula is C18H14Cl2O5. The van der Waals surface area contributed by atoms with Crippen molar-refractivity contribution in [3.8, 4) is 17.2 Å². The van der Waals surface area contributed by atoms with Crippen molar-refractivity contribution in [2.45, 2.75) is 19.1 Å². The van der Waals surface area contributed by atoms with Crippen molar-refractivity contribution in [3.63, 3.8) is 0 Å². The van der Waals surface area contributed by atoms with Gasteiger partial charge < -0.3 is 18.9 Å². The van der Waals surface area contributed by atoms with E-state index < -0.39 is 12.1 Å². The van der Waals surface area contributed by atoms with Crippen LogP contribution >= 0.6 is 23.2 Å². The van der Waals surface area contributed by atoms with Crippen molar-refractivity contribution >= 4 is 29.2 Å². The lowest BCUT2D eigenvalue weighted by atomic mass is 10.1. The molecule has 0 saturated heterocycles. The van der Waals surface area contributed by atoms with E-state index in [0.717, 1.165) is 11.1 Å². The summed E-state index contributed by atoms with van der Waals surface area (Å²) in [6.07, 6.45) is -0.225. The van der Waals surface area contributed by atoms with Gasteiger partial charge in [-0.2, -0.15) is 0 Å². The number of ether oxygens (including phenoxy) is 4. The van der Waals surface area contributed by atoms with Crippen molar-refractivity contribution in [2.24, 2.45) is 0 Å². The Morgan fingerprint density at radius 3 is 2.84 bits per heavy atom. The molecule has 0 radical (unpaired) electrons. The van der Waals surface area contributed by atoms with Gasteiger partial charge in [-0.3, -0.25) is 0 Å². The molecule has 2 aromatic rings. The van der Waals surface area contributed by atoms with Gasteiger partial charge >= 0.3 is 5.97 Å².